The molecule has 114 valence electrons. The largest absolute Gasteiger partial charge is 0.494 e. The third-order valence-corrected chi connectivity index (χ3v) is 3.34. The molecule has 0 unspecified atom stereocenters. The van der Waals surface area contributed by atoms with Gasteiger partial charge >= 0.3 is 0 Å². The standard InChI is InChI=1S/C15H15FN4O2/c1-19-14-13(9-18-19)15(21)20(10-17-14)7-2-8-22-12-5-3-11(16)4-6-12/h3-6,9-10H,2,7-8H2,1H3. The molecule has 6 nitrogen and oxygen atoms in total. The van der Waals surface area contributed by atoms with Gasteiger partial charge in [-0.15, -0.1) is 0 Å². The molecule has 0 aliphatic rings. The molecule has 0 fully saturated rings. The zero-order chi connectivity index (χ0) is 15.5. The van der Waals surface area contributed by atoms with Crippen molar-refractivity contribution in [1.82, 2.24) is 19.3 Å². The smallest absolute Gasteiger partial charge is 0.264 e. The molecule has 0 saturated heterocycles. The van der Waals surface area contributed by atoms with Crippen LogP contribution < -0.4 is 10.3 Å². The van der Waals surface area contributed by atoms with Gasteiger partial charge < -0.3 is 4.74 Å². The first kappa shape index (κ1) is 14.2. The maximum absolute atomic E-state index is 12.8. The Hall–Kier alpha value is -2.70. The molecule has 0 amide bonds. The summed E-state index contributed by atoms with van der Waals surface area (Å²) in [4.78, 5) is 16.5. The van der Waals surface area contributed by atoms with E-state index in [4.69, 9.17) is 4.74 Å². The minimum Gasteiger partial charge on any atom is -0.494 e. The summed E-state index contributed by atoms with van der Waals surface area (Å²) >= 11 is 0. The van der Waals surface area contributed by atoms with Gasteiger partial charge in [0.25, 0.3) is 5.56 Å². The van der Waals surface area contributed by atoms with Crippen molar-refractivity contribution >= 4 is 11.0 Å². The van der Waals surface area contributed by atoms with Gasteiger partial charge in [-0.2, -0.15) is 5.10 Å². The van der Waals surface area contributed by atoms with Crippen LogP contribution in [0.25, 0.3) is 11.0 Å². The monoisotopic (exact) mass is 302 g/mol. The number of aromatic nitrogens is 4. The second-order valence-corrected chi connectivity index (χ2v) is 4.90. The van der Waals surface area contributed by atoms with Crippen LogP contribution in [-0.4, -0.2) is 25.9 Å². The van der Waals surface area contributed by atoms with Gasteiger partial charge in [0.05, 0.1) is 19.1 Å². The van der Waals surface area contributed by atoms with Crippen LogP contribution in [0.3, 0.4) is 0 Å². The van der Waals surface area contributed by atoms with E-state index in [-0.39, 0.29) is 11.4 Å². The first-order valence-corrected chi connectivity index (χ1v) is 6.90. The van der Waals surface area contributed by atoms with Gasteiger partial charge in [-0.3, -0.25) is 14.0 Å². The average Bonchev–Trinajstić information content (AvgIpc) is 2.90. The van der Waals surface area contributed by atoms with E-state index in [2.05, 4.69) is 10.1 Å². The molecule has 0 bridgehead atoms. The summed E-state index contributed by atoms with van der Waals surface area (Å²) in [6.45, 7) is 0.932. The van der Waals surface area contributed by atoms with Crippen LogP contribution in [0.1, 0.15) is 6.42 Å². The lowest BCUT2D eigenvalue weighted by atomic mass is 10.3. The number of fused-ring (bicyclic) bond motifs is 1. The number of nitrogens with zero attached hydrogens (tertiary/aromatic N) is 4. The number of ether oxygens (including phenoxy) is 1. The quantitative estimate of drug-likeness (QED) is 0.674. The third kappa shape index (κ3) is 2.83. The third-order valence-electron chi connectivity index (χ3n) is 3.34. The predicted molar refractivity (Wildman–Crippen MR) is 79.3 cm³/mol. The molecule has 2 heterocycles. The lowest BCUT2D eigenvalue weighted by Gasteiger charge is -2.07. The zero-order valence-corrected chi connectivity index (χ0v) is 12.1. The molecule has 3 rings (SSSR count). The van der Waals surface area contributed by atoms with Crippen LogP contribution in [0.5, 0.6) is 5.75 Å². The summed E-state index contributed by atoms with van der Waals surface area (Å²) in [5, 5.41) is 4.53. The Balaban J connectivity index is 1.61. The van der Waals surface area contributed by atoms with E-state index in [1.807, 2.05) is 0 Å². The number of hydrogen-bond acceptors (Lipinski definition) is 4. The van der Waals surface area contributed by atoms with Crippen LogP contribution in [0, 0.1) is 5.82 Å². The molecule has 0 spiro atoms. The fourth-order valence-corrected chi connectivity index (χ4v) is 2.18. The minimum absolute atomic E-state index is 0.111. The Kier molecular flexibility index (Phi) is 3.86. The van der Waals surface area contributed by atoms with Crippen LogP contribution in [0.15, 0.2) is 41.6 Å². The summed E-state index contributed by atoms with van der Waals surface area (Å²) in [5.41, 5.74) is 0.462. The van der Waals surface area contributed by atoms with Crippen molar-refractivity contribution in [2.24, 2.45) is 7.05 Å². The van der Waals surface area contributed by atoms with Crippen LogP contribution in [0.4, 0.5) is 4.39 Å². The molecule has 0 atom stereocenters. The van der Waals surface area contributed by atoms with Gasteiger partial charge in [-0.05, 0) is 30.7 Å². The maximum Gasteiger partial charge on any atom is 0.264 e. The van der Waals surface area contributed by atoms with Crippen LogP contribution in [-0.2, 0) is 13.6 Å². The van der Waals surface area contributed by atoms with E-state index in [1.54, 1.807) is 23.9 Å². The van der Waals surface area contributed by atoms with Gasteiger partial charge in [0.1, 0.15) is 17.0 Å². The Morgan fingerprint density at radius 3 is 2.82 bits per heavy atom. The highest BCUT2D eigenvalue weighted by molar-refractivity contribution is 5.72. The lowest BCUT2D eigenvalue weighted by molar-refractivity contribution is 0.300. The number of rotatable bonds is 5. The van der Waals surface area contributed by atoms with Crippen LogP contribution >= 0.6 is 0 Å². The molecule has 0 radical (unpaired) electrons. The molecule has 0 N–H and O–H groups in total. The fraction of sp³-hybridized carbons (Fsp3) is 0.267. The van der Waals surface area contributed by atoms with Gasteiger partial charge in [-0.25, -0.2) is 9.37 Å². The molecule has 0 saturated carbocycles. The molecular formula is C15H15FN4O2. The van der Waals surface area contributed by atoms with Crippen molar-refractivity contribution in [2.75, 3.05) is 6.61 Å². The average molecular weight is 302 g/mol. The Morgan fingerprint density at radius 2 is 2.05 bits per heavy atom. The van der Waals surface area contributed by atoms with E-state index >= 15 is 0 Å². The molecule has 2 aromatic heterocycles. The van der Waals surface area contributed by atoms with Crippen LogP contribution in [0.2, 0.25) is 0 Å². The molecule has 7 heteroatoms. The Morgan fingerprint density at radius 1 is 1.27 bits per heavy atom. The Labute approximate surface area is 125 Å². The van der Waals surface area contributed by atoms with Crippen molar-refractivity contribution in [3.63, 3.8) is 0 Å². The van der Waals surface area contributed by atoms with Gasteiger partial charge in [-0.1, -0.05) is 0 Å². The van der Waals surface area contributed by atoms with Crippen molar-refractivity contribution in [1.29, 1.82) is 0 Å². The molecule has 1 aromatic carbocycles. The summed E-state index contributed by atoms with van der Waals surface area (Å²) in [7, 11) is 1.75. The SMILES string of the molecule is Cn1ncc2c(=O)n(CCCOc3ccc(F)cc3)cnc21. The van der Waals surface area contributed by atoms with Crippen molar-refractivity contribution in [3.8, 4) is 5.75 Å². The van der Waals surface area contributed by atoms with Gasteiger partial charge in [0.2, 0.25) is 0 Å². The van der Waals surface area contributed by atoms with E-state index in [9.17, 15) is 9.18 Å². The summed E-state index contributed by atoms with van der Waals surface area (Å²) in [6.07, 6.45) is 3.69. The second-order valence-electron chi connectivity index (χ2n) is 4.90. The normalized spacial score (nSPS) is 11.0. The first-order chi connectivity index (χ1) is 10.6. The number of hydrogen-bond donors (Lipinski definition) is 0. The molecular weight excluding hydrogens is 287 g/mol. The molecule has 22 heavy (non-hydrogen) atoms. The van der Waals surface area contributed by atoms with Crippen molar-refractivity contribution in [3.05, 3.63) is 53.0 Å². The predicted octanol–water partition coefficient (Wildman–Crippen LogP) is 1.74. The zero-order valence-electron chi connectivity index (χ0n) is 12.1. The number of aryl methyl sites for hydroxylation is 2. The highest BCUT2D eigenvalue weighted by atomic mass is 19.1. The second kappa shape index (κ2) is 5.97. The highest BCUT2D eigenvalue weighted by Gasteiger charge is 2.07. The van der Waals surface area contributed by atoms with E-state index < -0.39 is 0 Å². The molecule has 0 aliphatic heterocycles. The van der Waals surface area contributed by atoms with E-state index in [0.717, 1.165) is 0 Å². The van der Waals surface area contributed by atoms with Gasteiger partial charge in [0.15, 0.2) is 5.65 Å². The van der Waals surface area contributed by atoms with Crippen molar-refractivity contribution in [2.45, 2.75) is 13.0 Å². The lowest BCUT2D eigenvalue weighted by Crippen LogP contribution is -2.21. The summed E-state index contributed by atoms with van der Waals surface area (Å²) in [5.74, 6) is 0.310. The highest BCUT2D eigenvalue weighted by Crippen LogP contribution is 2.11. The Bertz CT molecular complexity index is 839. The van der Waals surface area contributed by atoms with Crippen molar-refractivity contribution < 1.29 is 9.13 Å². The topological polar surface area (TPSA) is 61.9 Å². The maximum atomic E-state index is 12.8. The van der Waals surface area contributed by atoms with Gasteiger partial charge in [0, 0.05) is 13.6 Å². The van der Waals surface area contributed by atoms with E-state index in [0.29, 0.717) is 36.4 Å². The first-order valence-electron chi connectivity index (χ1n) is 6.90. The number of halogens is 1. The minimum atomic E-state index is -0.297. The summed E-state index contributed by atoms with van der Waals surface area (Å²) < 4.78 is 21.4. The summed E-state index contributed by atoms with van der Waals surface area (Å²) in [6, 6.07) is 5.84. The molecule has 0 aliphatic carbocycles. The molecule has 3 aromatic rings. The van der Waals surface area contributed by atoms with E-state index in [1.165, 1.54) is 29.2 Å². The fourth-order valence-electron chi connectivity index (χ4n) is 2.18. The number of benzene rings is 1.